The average molecular weight is 343 g/mol. The first-order valence-corrected chi connectivity index (χ1v) is 6.19. The number of rotatable bonds is 4. The summed E-state index contributed by atoms with van der Waals surface area (Å²) in [6, 6.07) is 3.98. The van der Waals surface area contributed by atoms with E-state index in [9.17, 15) is 19.7 Å². The molecule has 0 atom stereocenters. The van der Waals surface area contributed by atoms with Crippen molar-refractivity contribution in [3.63, 3.8) is 0 Å². The van der Waals surface area contributed by atoms with Gasteiger partial charge < -0.3 is 10.4 Å². The number of carbonyl (C=O) groups excluding carboxylic acids is 1. The Kier molecular flexibility index (Phi) is 4.98. The van der Waals surface area contributed by atoms with Gasteiger partial charge in [-0.25, -0.2) is 4.79 Å². The van der Waals surface area contributed by atoms with Crippen LogP contribution in [-0.4, -0.2) is 21.9 Å². The Hall–Kier alpha value is -2.22. The van der Waals surface area contributed by atoms with E-state index in [2.05, 4.69) is 21.2 Å². The number of carboxylic acids is 1. The van der Waals surface area contributed by atoms with Gasteiger partial charge in [0.15, 0.2) is 0 Å². The molecule has 8 heteroatoms. The van der Waals surface area contributed by atoms with Crippen molar-refractivity contribution in [3.05, 3.63) is 43.9 Å². The first-order chi connectivity index (χ1) is 9.23. The number of benzene rings is 1. The minimum Gasteiger partial charge on any atom is -0.478 e. The molecule has 1 rings (SSSR count). The van der Waals surface area contributed by atoms with E-state index in [0.29, 0.717) is 5.69 Å². The number of carboxylic acid groups (broad SMARTS) is 1. The van der Waals surface area contributed by atoms with E-state index in [1.165, 1.54) is 32.0 Å². The van der Waals surface area contributed by atoms with Crippen LogP contribution >= 0.6 is 15.9 Å². The van der Waals surface area contributed by atoms with Gasteiger partial charge in [-0.05, 0) is 41.9 Å². The van der Waals surface area contributed by atoms with Gasteiger partial charge in [0.2, 0.25) is 0 Å². The molecule has 0 aliphatic carbocycles. The van der Waals surface area contributed by atoms with Crippen molar-refractivity contribution in [1.29, 1.82) is 0 Å². The number of hydrogen-bond donors (Lipinski definition) is 2. The maximum Gasteiger partial charge on any atom is 0.331 e. The van der Waals surface area contributed by atoms with Gasteiger partial charge in [-0.2, -0.15) is 0 Å². The zero-order valence-corrected chi connectivity index (χ0v) is 12.2. The predicted molar refractivity (Wildman–Crippen MR) is 75.4 cm³/mol. The first kappa shape index (κ1) is 15.8. The fourth-order valence-corrected chi connectivity index (χ4v) is 1.81. The molecule has 0 heterocycles. The van der Waals surface area contributed by atoms with Crippen molar-refractivity contribution in [1.82, 2.24) is 0 Å². The molecule has 1 amide bonds. The Balaban J connectivity index is 2.98. The zero-order valence-electron chi connectivity index (χ0n) is 10.6. The number of hydrogen-bond acceptors (Lipinski definition) is 4. The first-order valence-electron chi connectivity index (χ1n) is 5.40. The Morgan fingerprint density at radius 1 is 1.30 bits per heavy atom. The fraction of sp³-hybridized carbons (Fsp3) is 0.167. The van der Waals surface area contributed by atoms with Crippen LogP contribution in [0.5, 0.6) is 0 Å². The smallest absolute Gasteiger partial charge is 0.331 e. The van der Waals surface area contributed by atoms with Gasteiger partial charge in [0.1, 0.15) is 0 Å². The van der Waals surface area contributed by atoms with Crippen molar-refractivity contribution in [2.75, 3.05) is 5.32 Å². The van der Waals surface area contributed by atoms with E-state index in [0.717, 1.165) is 0 Å². The van der Waals surface area contributed by atoms with Crippen molar-refractivity contribution in [2.24, 2.45) is 0 Å². The monoisotopic (exact) mass is 342 g/mol. The summed E-state index contributed by atoms with van der Waals surface area (Å²) in [5.74, 6) is -1.76. The lowest BCUT2D eigenvalue weighted by Crippen LogP contribution is -2.16. The minimum absolute atomic E-state index is 0.0620. The van der Waals surface area contributed by atoms with Crippen LogP contribution in [0.4, 0.5) is 11.4 Å². The van der Waals surface area contributed by atoms with Gasteiger partial charge >= 0.3 is 5.97 Å². The van der Waals surface area contributed by atoms with Crippen molar-refractivity contribution in [3.8, 4) is 0 Å². The van der Waals surface area contributed by atoms with E-state index in [-0.39, 0.29) is 21.3 Å². The molecular weight excluding hydrogens is 332 g/mol. The Morgan fingerprint density at radius 2 is 1.90 bits per heavy atom. The number of nitro groups is 1. The number of carbonyl (C=O) groups is 2. The highest BCUT2D eigenvalue weighted by atomic mass is 79.9. The number of nitrogens with one attached hydrogen (secondary N) is 1. The highest BCUT2D eigenvalue weighted by Gasteiger charge is 2.15. The zero-order chi connectivity index (χ0) is 15.4. The maximum absolute atomic E-state index is 11.8. The van der Waals surface area contributed by atoms with E-state index < -0.39 is 16.8 Å². The molecule has 20 heavy (non-hydrogen) atoms. The lowest BCUT2D eigenvalue weighted by molar-refractivity contribution is -0.385. The summed E-state index contributed by atoms with van der Waals surface area (Å²) in [5.41, 5.74) is 0.192. The molecule has 0 saturated heterocycles. The van der Waals surface area contributed by atoms with Gasteiger partial charge in [0, 0.05) is 22.9 Å². The quantitative estimate of drug-likeness (QED) is 0.496. The van der Waals surface area contributed by atoms with Crippen LogP contribution in [0.3, 0.4) is 0 Å². The number of amides is 1. The summed E-state index contributed by atoms with van der Waals surface area (Å²) < 4.78 is 0.219. The molecule has 2 N–H and O–H groups in total. The molecule has 0 saturated carbocycles. The second-order valence-electron chi connectivity index (χ2n) is 3.93. The molecule has 106 valence electrons. The number of halogens is 1. The summed E-state index contributed by atoms with van der Waals surface area (Å²) in [6.07, 6.45) is 0. The number of nitro benzene ring substituents is 1. The molecule has 7 nitrogen and oxygen atoms in total. The van der Waals surface area contributed by atoms with E-state index in [4.69, 9.17) is 5.11 Å². The highest BCUT2D eigenvalue weighted by Crippen LogP contribution is 2.27. The second kappa shape index (κ2) is 6.29. The van der Waals surface area contributed by atoms with E-state index in [1.54, 1.807) is 0 Å². The van der Waals surface area contributed by atoms with Crippen molar-refractivity contribution >= 4 is 39.2 Å². The largest absolute Gasteiger partial charge is 0.478 e. The van der Waals surface area contributed by atoms with Crippen LogP contribution in [0.15, 0.2) is 33.8 Å². The van der Waals surface area contributed by atoms with Crippen LogP contribution in [-0.2, 0) is 9.59 Å². The molecule has 0 fully saturated rings. The third-order valence-electron chi connectivity index (χ3n) is 2.63. The molecule has 0 aliphatic heterocycles. The third-order valence-corrected chi connectivity index (χ3v) is 3.26. The molecule has 0 bridgehead atoms. The molecule has 0 radical (unpaired) electrons. The van der Waals surface area contributed by atoms with Gasteiger partial charge in [0.25, 0.3) is 11.6 Å². The number of nitrogens with zero attached hydrogens (tertiary/aromatic N) is 1. The predicted octanol–water partition coefficient (Wildman–Crippen LogP) is 2.72. The topological polar surface area (TPSA) is 110 Å². The van der Waals surface area contributed by atoms with Crippen LogP contribution in [0.25, 0.3) is 0 Å². The fourth-order valence-electron chi connectivity index (χ4n) is 1.29. The standard InChI is InChI=1S/C12H11BrN2O5/c1-6(7(2)12(17)18)11(16)14-8-3-4-10(15(19)20)9(13)5-8/h3-5H,1-2H3,(H,14,16)(H,17,18)/b7-6+. The average Bonchev–Trinajstić information content (AvgIpc) is 2.36. The summed E-state index contributed by atoms with van der Waals surface area (Å²) in [7, 11) is 0. The highest BCUT2D eigenvalue weighted by molar-refractivity contribution is 9.10. The van der Waals surface area contributed by atoms with Crippen molar-refractivity contribution in [2.45, 2.75) is 13.8 Å². The van der Waals surface area contributed by atoms with Crippen LogP contribution in [0.2, 0.25) is 0 Å². The van der Waals surface area contributed by atoms with E-state index >= 15 is 0 Å². The lowest BCUT2D eigenvalue weighted by Gasteiger charge is -2.07. The normalized spacial score (nSPS) is 11.6. The molecule has 0 spiro atoms. The molecule has 0 aromatic heterocycles. The molecule has 0 unspecified atom stereocenters. The molecule has 0 aliphatic rings. The summed E-state index contributed by atoms with van der Waals surface area (Å²) >= 11 is 3.03. The summed E-state index contributed by atoms with van der Waals surface area (Å²) in [6.45, 7) is 2.71. The molecule has 1 aromatic rings. The lowest BCUT2D eigenvalue weighted by atomic mass is 10.1. The van der Waals surface area contributed by atoms with Crippen LogP contribution in [0, 0.1) is 10.1 Å². The van der Waals surface area contributed by atoms with Crippen LogP contribution < -0.4 is 5.32 Å². The van der Waals surface area contributed by atoms with Gasteiger partial charge in [-0.15, -0.1) is 0 Å². The number of aliphatic carboxylic acids is 1. The third kappa shape index (κ3) is 3.64. The molecular formula is C12H11BrN2O5. The SMILES string of the molecule is C/C(C(=O)O)=C(/C)C(=O)Nc1ccc([N+](=O)[O-])c(Br)c1. The maximum atomic E-state index is 11.8. The van der Waals surface area contributed by atoms with Gasteiger partial charge in [0.05, 0.1) is 9.40 Å². The number of anilines is 1. The Morgan fingerprint density at radius 3 is 2.35 bits per heavy atom. The Bertz CT molecular complexity index is 624. The second-order valence-corrected chi connectivity index (χ2v) is 4.79. The summed E-state index contributed by atoms with van der Waals surface area (Å²) in [4.78, 5) is 32.6. The van der Waals surface area contributed by atoms with Gasteiger partial charge in [-0.1, -0.05) is 0 Å². The van der Waals surface area contributed by atoms with E-state index in [1.807, 2.05) is 0 Å². The van der Waals surface area contributed by atoms with Gasteiger partial charge in [-0.3, -0.25) is 14.9 Å². The summed E-state index contributed by atoms with van der Waals surface area (Å²) in [5, 5.41) is 21.9. The molecule has 1 aromatic carbocycles. The minimum atomic E-state index is -1.18. The van der Waals surface area contributed by atoms with Crippen LogP contribution in [0.1, 0.15) is 13.8 Å². The van der Waals surface area contributed by atoms with Crippen molar-refractivity contribution < 1.29 is 19.6 Å². The Labute approximate surface area is 122 Å².